The van der Waals surface area contributed by atoms with Crippen LogP contribution in [0.4, 0.5) is 19.3 Å². The highest BCUT2D eigenvalue weighted by Crippen LogP contribution is 2.26. The number of nitrogens with zero attached hydrogens (tertiary/aromatic N) is 2. The van der Waals surface area contributed by atoms with Crippen LogP contribution < -0.4 is 10.1 Å². The number of ether oxygens (including phenoxy) is 1. The molecular formula is C21H23F2N3O3. The Morgan fingerprint density at radius 1 is 0.966 bits per heavy atom. The van der Waals surface area contributed by atoms with Crippen LogP contribution in [0, 0.1) is 11.6 Å². The first kappa shape index (κ1) is 20.6. The van der Waals surface area contributed by atoms with E-state index in [1.807, 2.05) is 0 Å². The molecule has 0 spiro atoms. The van der Waals surface area contributed by atoms with E-state index in [1.54, 1.807) is 16.7 Å². The number of halogens is 2. The van der Waals surface area contributed by atoms with Crippen molar-refractivity contribution in [2.75, 3.05) is 38.1 Å². The number of nitrogens with one attached hydrogen (secondary N) is 1. The van der Waals surface area contributed by atoms with E-state index in [9.17, 15) is 18.4 Å². The molecule has 0 aliphatic carbocycles. The van der Waals surface area contributed by atoms with Crippen LogP contribution in [-0.2, 0) is 0 Å². The fourth-order valence-electron chi connectivity index (χ4n) is 3.17. The molecule has 1 heterocycles. The van der Waals surface area contributed by atoms with Gasteiger partial charge in [-0.15, -0.1) is 0 Å². The molecular weight excluding hydrogens is 380 g/mol. The normalized spacial score (nSPS) is 14.3. The summed E-state index contributed by atoms with van der Waals surface area (Å²) in [6.07, 6.45) is 0.613. The Morgan fingerprint density at radius 2 is 1.62 bits per heavy atom. The third-order valence-electron chi connectivity index (χ3n) is 4.65. The lowest BCUT2D eigenvalue weighted by Gasteiger charge is -2.23. The highest BCUT2D eigenvalue weighted by atomic mass is 19.1. The van der Waals surface area contributed by atoms with Crippen molar-refractivity contribution in [1.82, 2.24) is 9.80 Å². The summed E-state index contributed by atoms with van der Waals surface area (Å²) >= 11 is 0. The average Bonchev–Trinajstić information content (AvgIpc) is 2.96. The highest BCUT2D eigenvalue weighted by molar-refractivity contribution is 5.94. The molecule has 8 heteroatoms. The van der Waals surface area contributed by atoms with Gasteiger partial charge in [0, 0.05) is 37.8 Å². The summed E-state index contributed by atoms with van der Waals surface area (Å²) in [6.45, 7) is 3.81. The molecule has 3 rings (SSSR count). The predicted octanol–water partition coefficient (Wildman–Crippen LogP) is 3.74. The van der Waals surface area contributed by atoms with Gasteiger partial charge in [0.05, 0.1) is 12.3 Å². The molecule has 1 saturated heterocycles. The van der Waals surface area contributed by atoms with Gasteiger partial charge in [-0.05, 0) is 49.7 Å². The van der Waals surface area contributed by atoms with E-state index in [-0.39, 0.29) is 17.7 Å². The lowest BCUT2D eigenvalue weighted by molar-refractivity contribution is 0.0762. The number of amides is 3. The van der Waals surface area contributed by atoms with Crippen molar-refractivity contribution >= 4 is 17.6 Å². The zero-order chi connectivity index (χ0) is 20.8. The highest BCUT2D eigenvalue weighted by Gasteiger charge is 2.23. The van der Waals surface area contributed by atoms with Crippen molar-refractivity contribution < 1.29 is 23.1 Å². The van der Waals surface area contributed by atoms with Gasteiger partial charge in [-0.3, -0.25) is 4.79 Å². The van der Waals surface area contributed by atoms with Gasteiger partial charge in [-0.2, -0.15) is 0 Å². The first-order valence-corrected chi connectivity index (χ1v) is 9.51. The molecule has 6 nitrogen and oxygen atoms in total. The molecule has 29 heavy (non-hydrogen) atoms. The van der Waals surface area contributed by atoms with Crippen molar-refractivity contribution in [3.8, 4) is 5.75 Å². The standard InChI is InChI=1S/C21H23F2N3O3/c1-2-29-19-14-17(23)8-9-18(19)24-21(28)26-11-3-10-25(12-13-26)20(27)15-4-6-16(22)7-5-15/h4-9,14H,2-3,10-13H2,1H3,(H,24,28). The molecule has 0 atom stereocenters. The minimum Gasteiger partial charge on any atom is -0.492 e. The van der Waals surface area contributed by atoms with Gasteiger partial charge in [-0.25, -0.2) is 13.6 Å². The first-order valence-electron chi connectivity index (χ1n) is 9.51. The molecule has 0 aromatic heterocycles. The van der Waals surface area contributed by atoms with Crippen LogP contribution in [0.5, 0.6) is 5.75 Å². The number of rotatable bonds is 4. The summed E-state index contributed by atoms with van der Waals surface area (Å²) in [5, 5.41) is 2.75. The minimum absolute atomic E-state index is 0.190. The second-order valence-corrected chi connectivity index (χ2v) is 6.64. The van der Waals surface area contributed by atoms with Crippen molar-refractivity contribution in [2.45, 2.75) is 13.3 Å². The summed E-state index contributed by atoms with van der Waals surface area (Å²) in [5.74, 6) is -0.767. The number of carbonyl (C=O) groups excluding carboxylic acids is 2. The molecule has 2 aromatic carbocycles. The number of carbonyl (C=O) groups is 2. The summed E-state index contributed by atoms with van der Waals surface area (Å²) in [5.41, 5.74) is 0.804. The molecule has 1 aliphatic heterocycles. The van der Waals surface area contributed by atoms with E-state index in [4.69, 9.17) is 4.74 Å². The largest absolute Gasteiger partial charge is 0.492 e. The van der Waals surface area contributed by atoms with Gasteiger partial charge in [0.15, 0.2) is 0 Å². The van der Waals surface area contributed by atoms with E-state index in [2.05, 4.69) is 5.32 Å². The van der Waals surface area contributed by atoms with E-state index in [0.29, 0.717) is 50.5 Å². The Balaban J connectivity index is 1.62. The fourth-order valence-corrected chi connectivity index (χ4v) is 3.17. The molecule has 0 unspecified atom stereocenters. The monoisotopic (exact) mass is 403 g/mol. The Kier molecular flexibility index (Phi) is 6.64. The summed E-state index contributed by atoms with van der Waals surface area (Å²) < 4.78 is 31.9. The van der Waals surface area contributed by atoms with Crippen LogP contribution in [0.15, 0.2) is 42.5 Å². The Hall–Kier alpha value is -3.16. The molecule has 1 aliphatic rings. The second-order valence-electron chi connectivity index (χ2n) is 6.64. The first-order chi connectivity index (χ1) is 14.0. The molecule has 0 bridgehead atoms. The predicted molar refractivity (Wildman–Crippen MR) is 105 cm³/mol. The molecule has 2 aromatic rings. The number of anilines is 1. The van der Waals surface area contributed by atoms with Crippen molar-refractivity contribution in [2.24, 2.45) is 0 Å². The third kappa shape index (κ3) is 5.22. The SMILES string of the molecule is CCOc1cc(F)ccc1NC(=O)N1CCCN(C(=O)c2ccc(F)cc2)CC1. The zero-order valence-electron chi connectivity index (χ0n) is 16.2. The number of urea groups is 1. The summed E-state index contributed by atoms with van der Waals surface area (Å²) in [6, 6.07) is 9.02. The number of hydrogen-bond donors (Lipinski definition) is 1. The molecule has 1 N–H and O–H groups in total. The van der Waals surface area contributed by atoms with Crippen LogP contribution in [0.2, 0.25) is 0 Å². The van der Waals surface area contributed by atoms with Gasteiger partial charge in [0.2, 0.25) is 0 Å². The van der Waals surface area contributed by atoms with Gasteiger partial charge in [0.1, 0.15) is 17.4 Å². The molecule has 3 amide bonds. The summed E-state index contributed by atoms with van der Waals surface area (Å²) in [7, 11) is 0. The van der Waals surface area contributed by atoms with Crippen LogP contribution in [-0.4, -0.2) is 54.5 Å². The van der Waals surface area contributed by atoms with Gasteiger partial charge in [-0.1, -0.05) is 0 Å². The lowest BCUT2D eigenvalue weighted by Crippen LogP contribution is -2.39. The molecule has 0 radical (unpaired) electrons. The van der Waals surface area contributed by atoms with E-state index >= 15 is 0 Å². The maximum atomic E-state index is 13.4. The fraction of sp³-hybridized carbons (Fsp3) is 0.333. The number of hydrogen-bond acceptors (Lipinski definition) is 3. The van der Waals surface area contributed by atoms with Gasteiger partial charge in [0.25, 0.3) is 5.91 Å². The quantitative estimate of drug-likeness (QED) is 0.846. The van der Waals surface area contributed by atoms with Crippen molar-refractivity contribution in [1.29, 1.82) is 0 Å². The second kappa shape index (κ2) is 9.36. The molecule has 1 fully saturated rings. The van der Waals surface area contributed by atoms with Crippen LogP contribution in [0.25, 0.3) is 0 Å². The Bertz CT molecular complexity index is 874. The topological polar surface area (TPSA) is 61.9 Å². The Morgan fingerprint density at radius 3 is 2.34 bits per heavy atom. The van der Waals surface area contributed by atoms with Gasteiger partial charge >= 0.3 is 6.03 Å². The van der Waals surface area contributed by atoms with Crippen molar-refractivity contribution in [3.63, 3.8) is 0 Å². The Labute approximate surface area is 168 Å². The van der Waals surface area contributed by atoms with E-state index in [0.717, 1.165) is 0 Å². The third-order valence-corrected chi connectivity index (χ3v) is 4.65. The van der Waals surface area contributed by atoms with Crippen LogP contribution >= 0.6 is 0 Å². The number of benzene rings is 2. The molecule has 0 saturated carbocycles. The average molecular weight is 403 g/mol. The maximum Gasteiger partial charge on any atom is 0.322 e. The zero-order valence-corrected chi connectivity index (χ0v) is 16.2. The van der Waals surface area contributed by atoms with E-state index < -0.39 is 11.6 Å². The van der Waals surface area contributed by atoms with Crippen molar-refractivity contribution in [3.05, 3.63) is 59.7 Å². The molecule has 154 valence electrons. The van der Waals surface area contributed by atoms with Crippen LogP contribution in [0.3, 0.4) is 0 Å². The van der Waals surface area contributed by atoms with E-state index in [1.165, 1.54) is 42.5 Å². The lowest BCUT2D eigenvalue weighted by atomic mass is 10.2. The minimum atomic E-state index is -0.448. The van der Waals surface area contributed by atoms with Gasteiger partial charge < -0.3 is 19.9 Å². The summed E-state index contributed by atoms with van der Waals surface area (Å²) in [4.78, 5) is 28.5. The smallest absolute Gasteiger partial charge is 0.322 e. The van der Waals surface area contributed by atoms with Crippen LogP contribution in [0.1, 0.15) is 23.7 Å². The maximum absolute atomic E-state index is 13.4.